The number of carbonyl (C=O) groups excluding carboxylic acids is 4. The molecular weight excluding hydrogens is 386 g/mol. The molecule has 0 radical (unpaired) electrons. The minimum absolute atomic E-state index is 0.125. The van der Waals surface area contributed by atoms with E-state index in [9.17, 15) is 19.2 Å². The van der Waals surface area contributed by atoms with E-state index in [1.807, 2.05) is 44.2 Å². The molecule has 3 N–H and O–H groups in total. The van der Waals surface area contributed by atoms with Gasteiger partial charge in [0, 0.05) is 13.5 Å². The molecule has 30 heavy (non-hydrogen) atoms. The molecule has 8 heteroatoms. The fourth-order valence-electron chi connectivity index (χ4n) is 3.35. The molecule has 0 heterocycles. The van der Waals surface area contributed by atoms with Crippen LogP contribution in [-0.2, 0) is 23.9 Å². The molecule has 164 valence electrons. The van der Waals surface area contributed by atoms with E-state index < -0.39 is 29.4 Å². The molecule has 1 fully saturated rings. The molecule has 1 aromatic rings. The summed E-state index contributed by atoms with van der Waals surface area (Å²) in [6, 6.07) is 8.03. The van der Waals surface area contributed by atoms with Crippen molar-refractivity contribution < 1.29 is 23.9 Å². The molecule has 0 aliphatic heterocycles. The molecular formula is C22H31N3O5. The average Bonchev–Trinajstić information content (AvgIpc) is 3.51. The van der Waals surface area contributed by atoms with Gasteiger partial charge in [0.2, 0.25) is 17.7 Å². The molecule has 2 rings (SSSR count). The maximum Gasteiger partial charge on any atom is 0.321 e. The second-order valence-electron chi connectivity index (χ2n) is 8.14. The van der Waals surface area contributed by atoms with Gasteiger partial charge < -0.3 is 20.7 Å². The zero-order valence-electron chi connectivity index (χ0n) is 18.0. The van der Waals surface area contributed by atoms with Crippen molar-refractivity contribution in [3.8, 4) is 0 Å². The van der Waals surface area contributed by atoms with Crippen molar-refractivity contribution >= 4 is 23.7 Å². The summed E-state index contributed by atoms with van der Waals surface area (Å²) in [5.41, 5.74) is -0.339. The predicted molar refractivity (Wildman–Crippen MR) is 111 cm³/mol. The quantitative estimate of drug-likeness (QED) is 0.394. The lowest BCUT2D eigenvalue weighted by Gasteiger charge is -2.24. The highest BCUT2D eigenvalue weighted by molar-refractivity contribution is 6.05. The maximum absolute atomic E-state index is 12.8. The first-order chi connectivity index (χ1) is 14.2. The Balaban J connectivity index is 2.10. The maximum atomic E-state index is 12.8. The topological polar surface area (TPSA) is 114 Å². The number of amides is 3. The first kappa shape index (κ1) is 23.4. The summed E-state index contributed by atoms with van der Waals surface area (Å²) in [6.07, 6.45) is 1.38. The Morgan fingerprint density at radius 3 is 2.20 bits per heavy atom. The second kappa shape index (κ2) is 10.2. The van der Waals surface area contributed by atoms with Gasteiger partial charge in [0.25, 0.3) is 0 Å². The van der Waals surface area contributed by atoms with Crippen molar-refractivity contribution in [2.24, 2.45) is 11.3 Å². The SMILES string of the molecule is COC(=O)C1(C(=O)NC(CNC(=O)C(CC(C)C)NC(C)=O)c2ccccc2)CC1. The summed E-state index contributed by atoms with van der Waals surface area (Å²) in [5, 5.41) is 8.39. The van der Waals surface area contributed by atoms with Crippen molar-refractivity contribution in [2.75, 3.05) is 13.7 Å². The lowest BCUT2D eigenvalue weighted by molar-refractivity contribution is -0.152. The zero-order chi connectivity index (χ0) is 22.3. The molecule has 1 aromatic carbocycles. The molecule has 3 amide bonds. The fourth-order valence-corrected chi connectivity index (χ4v) is 3.35. The van der Waals surface area contributed by atoms with Crippen molar-refractivity contribution in [2.45, 2.75) is 52.1 Å². The summed E-state index contributed by atoms with van der Waals surface area (Å²) in [7, 11) is 1.27. The molecule has 2 unspecified atom stereocenters. The summed E-state index contributed by atoms with van der Waals surface area (Å²) < 4.78 is 4.78. The van der Waals surface area contributed by atoms with Crippen LogP contribution in [0.1, 0.15) is 51.6 Å². The van der Waals surface area contributed by atoms with Crippen LogP contribution < -0.4 is 16.0 Å². The Hall–Kier alpha value is -2.90. The zero-order valence-corrected chi connectivity index (χ0v) is 18.0. The Morgan fingerprint density at radius 2 is 1.70 bits per heavy atom. The Labute approximate surface area is 177 Å². The van der Waals surface area contributed by atoms with Crippen LogP contribution in [0, 0.1) is 11.3 Å². The molecule has 0 saturated heterocycles. The lowest BCUT2D eigenvalue weighted by atomic mass is 10.0. The van der Waals surface area contributed by atoms with Crippen LogP contribution in [0.25, 0.3) is 0 Å². The van der Waals surface area contributed by atoms with Crippen LogP contribution in [-0.4, -0.2) is 43.4 Å². The number of benzene rings is 1. The summed E-state index contributed by atoms with van der Waals surface area (Å²) in [4.78, 5) is 49.0. The Kier molecular flexibility index (Phi) is 7.97. The van der Waals surface area contributed by atoms with Crippen LogP contribution in [0.5, 0.6) is 0 Å². The van der Waals surface area contributed by atoms with Gasteiger partial charge in [-0.1, -0.05) is 44.2 Å². The van der Waals surface area contributed by atoms with Gasteiger partial charge in [-0.15, -0.1) is 0 Å². The second-order valence-corrected chi connectivity index (χ2v) is 8.14. The van der Waals surface area contributed by atoms with Gasteiger partial charge in [-0.25, -0.2) is 0 Å². The molecule has 0 aromatic heterocycles. The molecule has 1 aliphatic carbocycles. The van der Waals surface area contributed by atoms with Crippen LogP contribution in [0.2, 0.25) is 0 Å². The van der Waals surface area contributed by atoms with E-state index in [0.717, 1.165) is 5.56 Å². The van der Waals surface area contributed by atoms with E-state index in [-0.39, 0.29) is 24.3 Å². The van der Waals surface area contributed by atoms with Crippen molar-refractivity contribution in [3.63, 3.8) is 0 Å². The van der Waals surface area contributed by atoms with Crippen LogP contribution in [0.4, 0.5) is 0 Å². The van der Waals surface area contributed by atoms with E-state index in [2.05, 4.69) is 16.0 Å². The number of hydrogen-bond donors (Lipinski definition) is 3. The average molecular weight is 418 g/mol. The van der Waals surface area contributed by atoms with E-state index >= 15 is 0 Å². The summed E-state index contributed by atoms with van der Waals surface area (Å²) in [5.74, 6) is -1.33. The molecule has 2 atom stereocenters. The molecule has 1 saturated carbocycles. The highest BCUT2D eigenvalue weighted by Crippen LogP contribution is 2.47. The minimum atomic E-state index is -1.14. The van der Waals surface area contributed by atoms with Gasteiger partial charge >= 0.3 is 5.97 Å². The van der Waals surface area contributed by atoms with Crippen LogP contribution in [0.15, 0.2) is 30.3 Å². The lowest BCUT2D eigenvalue weighted by Crippen LogP contribution is -2.49. The number of nitrogens with one attached hydrogen (secondary N) is 3. The third kappa shape index (κ3) is 6.05. The van der Waals surface area contributed by atoms with E-state index in [1.165, 1.54) is 14.0 Å². The summed E-state index contributed by atoms with van der Waals surface area (Å²) in [6.45, 7) is 5.43. The van der Waals surface area contributed by atoms with Gasteiger partial charge in [0.15, 0.2) is 0 Å². The van der Waals surface area contributed by atoms with Crippen molar-refractivity contribution in [1.29, 1.82) is 0 Å². The molecule has 8 nitrogen and oxygen atoms in total. The van der Waals surface area contributed by atoms with Gasteiger partial charge in [-0.3, -0.25) is 19.2 Å². The van der Waals surface area contributed by atoms with Gasteiger partial charge in [-0.2, -0.15) is 0 Å². The number of ether oxygens (including phenoxy) is 1. The van der Waals surface area contributed by atoms with E-state index in [0.29, 0.717) is 19.3 Å². The number of carbonyl (C=O) groups is 4. The number of esters is 1. The van der Waals surface area contributed by atoms with E-state index in [1.54, 1.807) is 0 Å². The highest BCUT2D eigenvalue weighted by atomic mass is 16.5. The largest absolute Gasteiger partial charge is 0.468 e. The molecule has 0 bridgehead atoms. The standard InChI is InChI=1S/C22H31N3O5/c1-14(2)12-17(24-15(3)26)19(27)23-13-18(16-8-6-5-7-9-16)25-20(28)22(10-11-22)21(29)30-4/h5-9,14,17-18H,10-13H2,1-4H3,(H,23,27)(H,24,26)(H,25,28). The summed E-state index contributed by atoms with van der Waals surface area (Å²) >= 11 is 0. The van der Waals surface area contributed by atoms with Crippen LogP contribution >= 0.6 is 0 Å². The Bertz CT molecular complexity index is 774. The highest BCUT2D eigenvalue weighted by Gasteiger charge is 2.58. The normalized spacial score (nSPS) is 16.2. The third-order valence-electron chi connectivity index (χ3n) is 5.15. The smallest absolute Gasteiger partial charge is 0.321 e. The van der Waals surface area contributed by atoms with Crippen molar-refractivity contribution in [3.05, 3.63) is 35.9 Å². The minimum Gasteiger partial charge on any atom is -0.468 e. The van der Waals surface area contributed by atoms with Gasteiger partial charge in [0.05, 0.1) is 13.2 Å². The molecule has 1 aliphatic rings. The van der Waals surface area contributed by atoms with Gasteiger partial charge in [-0.05, 0) is 30.7 Å². The first-order valence-electron chi connectivity index (χ1n) is 10.2. The number of rotatable bonds is 10. The predicted octanol–water partition coefficient (Wildman–Crippen LogP) is 1.46. The molecule has 0 spiro atoms. The number of hydrogen-bond acceptors (Lipinski definition) is 5. The van der Waals surface area contributed by atoms with E-state index in [4.69, 9.17) is 4.74 Å². The third-order valence-corrected chi connectivity index (χ3v) is 5.15. The Morgan fingerprint density at radius 1 is 1.07 bits per heavy atom. The van der Waals surface area contributed by atoms with Crippen molar-refractivity contribution in [1.82, 2.24) is 16.0 Å². The van der Waals surface area contributed by atoms with Crippen LogP contribution in [0.3, 0.4) is 0 Å². The fraction of sp³-hybridized carbons (Fsp3) is 0.545. The number of methoxy groups -OCH3 is 1. The van der Waals surface area contributed by atoms with Gasteiger partial charge in [0.1, 0.15) is 11.5 Å². The first-order valence-corrected chi connectivity index (χ1v) is 10.2. The monoisotopic (exact) mass is 417 g/mol.